The topological polar surface area (TPSA) is 33.1 Å². The number of nitrogens with zero attached hydrogens (tertiary/aromatic N) is 1. The van der Waals surface area contributed by atoms with Crippen LogP contribution in [0.2, 0.25) is 0 Å². The van der Waals surface area contributed by atoms with Crippen LogP contribution in [0.3, 0.4) is 0 Å². The van der Waals surface area contributed by atoms with Gasteiger partial charge >= 0.3 is 0 Å². The van der Waals surface area contributed by atoms with Crippen LogP contribution in [-0.4, -0.2) is 10.1 Å². The SMILES string of the molecule is CCCC=Cc1c(C(C)C)nc(C(C)C)c(CO)c1-c1cccc(C)c1. The van der Waals surface area contributed by atoms with E-state index in [2.05, 4.69) is 78.0 Å². The minimum Gasteiger partial charge on any atom is -0.392 e. The number of aryl methyl sites for hydroxylation is 1. The largest absolute Gasteiger partial charge is 0.392 e. The van der Waals surface area contributed by atoms with Gasteiger partial charge in [0.25, 0.3) is 0 Å². The van der Waals surface area contributed by atoms with Gasteiger partial charge < -0.3 is 5.11 Å². The number of aromatic nitrogens is 1. The van der Waals surface area contributed by atoms with E-state index in [-0.39, 0.29) is 12.5 Å². The summed E-state index contributed by atoms with van der Waals surface area (Å²) in [7, 11) is 0. The summed E-state index contributed by atoms with van der Waals surface area (Å²) < 4.78 is 0. The van der Waals surface area contributed by atoms with Gasteiger partial charge in [0.1, 0.15) is 0 Å². The second kappa shape index (κ2) is 9.14. The molecule has 1 aromatic carbocycles. The van der Waals surface area contributed by atoms with Crippen LogP contribution in [-0.2, 0) is 6.61 Å². The van der Waals surface area contributed by atoms with E-state index in [1.165, 1.54) is 5.56 Å². The highest BCUT2D eigenvalue weighted by atomic mass is 16.3. The van der Waals surface area contributed by atoms with E-state index < -0.39 is 0 Å². The lowest BCUT2D eigenvalue weighted by atomic mass is 9.86. The number of aliphatic hydroxyl groups excluding tert-OH is 1. The van der Waals surface area contributed by atoms with Gasteiger partial charge in [0.2, 0.25) is 0 Å². The molecule has 0 radical (unpaired) electrons. The molecule has 1 N–H and O–H groups in total. The Morgan fingerprint density at radius 2 is 1.77 bits per heavy atom. The fraction of sp³-hybridized carbons (Fsp3) is 0.458. The standard InChI is InChI=1S/C24H33NO/c1-7-8-9-13-20-22(19-12-10-11-18(6)14-19)21(15-26)24(17(4)5)25-23(20)16(2)3/h9-14,16-17,26H,7-8,15H2,1-6H3. The average Bonchev–Trinajstić information content (AvgIpc) is 2.60. The number of hydrogen-bond donors (Lipinski definition) is 1. The van der Waals surface area contributed by atoms with Gasteiger partial charge in [-0.05, 0) is 36.3 Å². The number of pyridine rings is 1. The molecule has 2 rings (SSSR count). The molecule has 26 heavy (non-hydrogen) atoms. The Bertz CT molecular complexity index is 772. The molecule has 0 saturated carbocycles. The zero-order valence-electron chi connectivity index (χ0n) is 17.1. The maximum atomic E-state index is 10.2. The Balaban J connectivity index is 2.89. The molecule has 0 atom stereocenters. The summed E-state index contributed by atoms with van der Waals surface area (Å²) in [4.78, 5) is 5.02. The minimum atomic E-state index is 0.0107. The molecule has 1 heterocycles. The van der Waals surface area contributed by atoms with Crippen LogP contribution in [0.4, 0.5) is 0 Å². The van der Waals surface area contributed by atoms with Crippen molar-refractivity contribution in [3.63, 3.8) is 0 Å². The average molecular weight is 352 g/mol. The lowest BCUT2D eigenvalue weighted by molar-refractivity contribution is 0.280. The van der Waals surface area contributed by atoms with Crippen molar-refractivity contribution < 1.29 is 5.11 Å². The molecule has 140 valence electrons. The number of rotatable bonds is 7. The maximum absolute atomic E-state index is 10.2. The van der Waals surface area contributed by atoms with Crippen LogP contribution in [0.5, 0.6) is 0 Å². The Kier molecular flexibility index (Phi) is 7.16. The van der Waals surface area contributed by atoms with E-state index in [4.69, 9.17) is 4.98 Å². The van der Waals surface area contributed by atoms with Crippen molar-refractivity contribution in [2.75, 3.05) is 0 Å². The molecule has 0 aliphatic rings. The smallest absolute Gasteiger partial charge is 0.0706 e. The van der Waals surface area contributed by atoms with Crippen molar-refractivity contribution in [2.45, 2.75) is 72.8 Å². The highest BCUT2D eigenvalue weighted by Crippen LogP contribution is 2.37. The third-order valence-corrected chi connectivity index (χ3v) is 4.70. The highest BCUT2D eigenvalue weighted by molar-refractivity contribution is 5.80. The zero-order chi connectivity index (χ0) is 19.3. The van der Waals surface area contributed by atoms with Crippen molar-refractivity contribution in [3.05, 3.63) is 58.4 Å². The first-order valence-electron chi connectivity index (χ1n) is 9.81. The molecular formula is C24H33NO. The Morgan fingerprint density at radius 3 is 2.31 bits per heavy atom. The maximum Gasteiger partial charge on any atom is 0.0706 e. The zero-order valence-corrected chi connectivity index (χ0v) is 17.1. The van der Waals surface area contributed by atoms with Crippen molar-refractivity contribution in [3.8, 4) is 11.1 Å². The number of aliphatic hydroxyl groups is 1. The third-order valence-electron chi connectivity index (χ3n) is 4.70. The highest BCUT2D eigenvalue weighted by Gasteiger charge is 2.22. The molecule has 0 unspecified atom stereocenters. The second-order valence-corrected chi connectivity index (χ2v) is 7.68. The molecular weight excluding hydrogens is 318 g/mol. The normalized spacial score (nSPS) is 11.9. The van der Waals surface area contributed by atoms with Gasteiger partial charge in [-0.25, -0.2) is 0 Å². The Morgan fingerprint density at radius 1 is 1.08 bits per heavy atom. The second-order valence-electron chi connectivity index (χ2n) is 7.68. The van der Waals surface area contributed by atoms with Gasteiger partial charge in [-0.2, -0.15) is 0 Å². The summed E-state index contributed by atoms with van der Waals surface area (Å²) >= 11 is 0. The molecule has 1 aromatic heterocycles. The van der Waals surface area contributed by atoms with Crippen LogP contribution >= 0.6 is 0 Å². The number of allylic oxidation sites excluding steroid dienone is 1. The molecule has 0 bridgehead atoms. The van der Waals surface area contributed by atoms with Gasteiger partial charge in [0.05, 0.1) is 12.3 Å². The molecule has 2 nitrogen and oxygen atoms in total. The fourth-order valence-corrected chi connectivity index (χ4v) is 3.42. The molecule has 0 aliphatic heterocycles. The summed E-state index contributed by atoms with van der Waals surface area (Å²) in [5, 5.41) is 10.2. The summed E-state index contributed by atoms with van der Waals surface area (Å²) in [6.45, 7) is 13.0. The quantitative estimate of drug-likeness (QED) is 0.609. The monoisotopic (exact) mass is 351 g/mol. The molecule has 2 heteroatoms. The first-order chi connectivity index (χ1) is 12.4. The van der Waals surface area contributed by atoms with Crippen molar-refractivity contribution in [1.82, 2.24) is 4.98 Å². The molecule has 0 saturated heterocycles. The lowest BCUT2D eigenvalue weighted by Gasteiger charge is -2.23. The van der Waals surface area contributed by atoms with Crippen molar-refractivity contribution in [2.24, 2.45) is 0 Å². The molecule has 0 aliphatic carbocycles. The van der Waals surface area contributed by atoms with E-state index in [0.29, 0.717) is 5.92 Å². The van der Waals surface area contributed by atoms with E-state index >= 15 is 0 Å². The predicted octanol–water partition coefficient (Wildman–Crippen LogP) is 6.61. The number of unbranched alkanes of at least 4 members (excludes halogenated alkanes) is 1. The van der Waals surface area contributed by atoms with E-state index in [0.717, 1.165) is 46.5 Å². The fourth-order valence-electron chi connectivity index (χ4n) is 3.42. The van der Waals surface area contributed by atoms with Crippen LogP contribution in [0.15, 0.2) is 30.3 Å². The Labute approximate surface area is 159 Å². The lowest BCUT2D eigenvalue weighted by Crippen LogP contribution is -2.10. The summed E-state index contributed by atoms with van der Waals surface area (Å²) in [6, 6.07) is 8.56. The summed E-state index contributed by atoms with van der Waals surface area (Å²) in [5.74, 6) is 0.594. The van der Waals surface area contributed by atoms with E-state index in [1.54, 1.807) is 0 Å². The minimum absolute atomic E-state index is 0.0107. The first kappa shape index (κ1) is 20.4. The number of hydrogen-bond acceptors (Lipinski definition) is 2. The van der Waals surface area contributed by atoms with Gasteiger partial charge in [0, 0.05) is 16.8 Å². The van der Waals surface area contributed by atoms with Crippen LogP contribution in [0.25, 0.3) is 17.2 Å². The first-order valence-corrected chi connectivity index (χ1v) is 9.81. The molecule has 0 spiro atoms. The van der Waals surface area contributed by atoms with Gasteiger partial charge in [-0.1, -0.05) is 83.0 Å². The van der Waals surface area contributed by atoms with Crippen LogP contribution in [0.1, 0.15) is 87.4 Å². The Hall–Kier alpha value is -1.93. The third kappa shape index (κ3) is 4.42. The van der Waals surface area contributed by atoms with Crippen molar-refractivity contribution in [1.29, 1.82) is 0 Å². The van der Waals surface area contributed by atoms with Crippen molar-refractivity contribution >= 4 is 6.08 Å². The van der Waals surface area contributed by atoms with E-state index in [9.17, 15) is 5.11 Å². The van der Waals surface area contributed by atoms with Crippen LogP contribution < -0.4 is 0 Å². The van der Waals surface area contributed by atoms with Gasteiger partial charge in [-0.3, -0.25) is 4.98 Å². The number of benzene rings is 1. The summed E-state index contributed by atoms with van der Waals surface area (Å²) in [6.07, 6.45) is 6.62. The predicted molar refractivity (Wildman–Crippen MR) is 112 cm³/mol. The van der Waals surface area contributed by atoms with Gasteiger partial charge in [-0.15, -0.1) is 0 Å². The van der Waals surface area contributed by atoms with Gasteiger partial charge in [0.15, 0.2) is 0 Å². The van der Waals surface area contributed by atoms with E-state index in [1.807, 2.05) is 0 Å². The summed E-state index contributed by atoms with van der Waals surface area (Å²) in [5.41, 5.74) is 7.79. The molecule has 0 fully saturated rings. The molecule has 2 aromatic rings. The van der Waals surface area contributed by atoms with Crippen LogP contribution in [0, 0.1) is 6.92 Å². The molecule has 0 amide bonds.